The van der Waals surface area contributed by atoms with E-state index in [9.17, 15) is 4.79 Å². The van der Waals surface area contributed by atoms with Crippen LogP contribution in [0.2, 0.25) is 0 Å². The highest BCUT2D eigenvalue weighted by Gasteiger charge is 2.35. The van der Waals surface area contributed by atoms with Crippen LogP contribution in [-0.4, -0.2) is 41.0 Å². The predicted octanol–water partition coefficient (Wildman–Crippen LogP) is 1.85. The zero-order valence-electron chi connectivity index (χ0n) is 13.2. The Morgan fingerprint density at radius 1 is 1.43 bits per heavy atom. The number of nitrogens with zero attached hydrogens (tertiary/aromatic N) is 2. The molecule has 2 atom stereocenters. The number of likely N-dealkylation sites (N-methyl/N-ethyl adjacent to an activating group) is 1. The van der Waals surface area contributed by atoms with E-state index < -0.39 is 0 Å². The van der Waals surface area contributed by atoms with Gasteiger partial charge in [0, 0.05) is 36.6 Å². The average molecular weight is 330 g/mol. The molecule has 2 heterocycles. The van der Waals surface area contributed by atoms with Crippen LogP contribution < -0.4 is 11.1 Å². The van der Waals surface area contributed by atoms with Gasteiger partial charge in [0.1, 0.15) is 5.01 Å². The maximum Gasteiger partial charge on any atom is 0.237 e. The van der Waals surface area contributed by atoms with E-state index in [0.29, 0.717) is 19.5 Å². The molecule has 6 heteroatoms. The van der Waals surface area contributed by atoms with Gasteiger partial charge in [-0.1, -0.05) is 30.3 Å². The number of aromatic nitrogens is 1. The molecule has 122 valence electrons. The molecule has 1 aliphatic rings. The molecule has 1 fully saturated rings. The van der Waals surface area contributed by atoms with Crippen LogP contribution in [0.15, 0.2) is 35.7 Å². The first-order valence-corrected chi connectivity index (χ1v) is 8.82. The molecule has 0 bridgehead atoms. The second-order valence-electron chi connectivity index (χ2n) is 5.85. The summed E-state index contributed by atoms with van der Waals surface area (Å²) in [4.78, 5) is 19.0. The molecule has 1 saturated heterocycles. The van der Waals surface area contributed by atoms with E-state index in [2.05, 4.69) is 27.7 Å². The molecule has 1 aromatic carbocycles. The Morgan fingerprint density at radius 3 is 2.96 bits per heavy atom. The van der Waals surface area contributed by atoms with Gasteiger partial charge in [0.15, 0.2) is 0 Å². The Labute approximate surface area is 140 Å². The molecule has 23 heavy (non-hydrogen) atoms. The second kappa shape index (κ2) is 7.21. The zero-order valence-corrected chi connectivity index (χ0v) is 14.1. The smallest absolute Gasteiger partial charge is 0.237 e. The monoisotopic (exact) mass is 330 g/mol. The lowest BCUT2D eigenvalue weighted by molar-refractivity contribution is -0.125. The zero-order chi connectivity index (χ0) is 16.2. The number of hydrogen-bond donors (Lipinski definition) is 2. The number of carbonyl (C=O) groups is 1. The summed E-state index contributed by atoms with van der Waals surface area (Å²) in [5.74, 6) is 0.0685. The van der Waals surface area contributed by atoms with Crippen molar-refractivity contribution in [2.45, 2.75) is 32.0 Å². The van der Waals surface area contributed by atoms with Crippen LogP contribution in [0.1, 0.15) is 19.0 Å². The lowest BCUT2D eigenvalue weighted by Crippen LogP contribution is -2.42. The fraction of sp³-hybridized carbons (Fsp3) is 0.412. The van der Waals surface area contributed by atoms with Crippen LogP contribution in [0.4, 0.5) is 0 Å². The molecule has 0 saturated carbocycles. The molecule has 0 aliphatic carbocycles. The van der Waals surface area contributed by atoms with Crippen molar-refractivity contribution in [1.29, 1.82) is 0 Å². The number of nitrogens with one attached hydrogen (secondary N) is 1. The highest BCUT2D eigenvalue weighted by atomic mass is 32.1. The van der Waals surface area contributed by atoms with Gasteiger partial charge in [-0.25, -0.2) is 4.98 Å². The number of amides is 1. The van der Waals surface area contributed by atoms with Crippen LogP contribution in [-0.2, 0) is 11.3 Å². The summed E-state index contributed by atoms with van der Waals surface area (Å²) >= 11 is 1.64. The molecular formula is C17H22N4OS. The lowest BCUT2D eigenvalue weighted by atomic mass is 10.1. The SMILES string of the molecule is CCNC(=O)[C@@H]1C[C@@H](N)CN1Cc1csc(-c2ccccc2)n1. The van der Waals surface area contributed by atoms with Crippen LogP contribution >= 0.6 is 11.3 Å². The van der Waals surface area contributed by atoms with Crippen molar-refractivity contribution < 1.29 is 4.79 Å². The molecule has 1 aliphatic heterocycles. The summed E-state index contributed by atoms with van der Waals surface area (Å²) in [5, 5.41) is 5.98. The summed E-state index contributed by atoms with van der Waals surface area (Å²) in [6.07, 6.45) is 0.710. The minimum atomic E-state index is -0.146. The van der Waals surface area contributed by atoms with Crippen LogP contribution in [0, 0.1) is 0 Å². The molecule has 0 spiro atoms. The normalized spacial score (nSPS) is 21.5. The first-order chi connectivity index (χ1) is 11.2. The molecule has 0 unspecified atom stereocenters. The number of likely N-dealkylation sites (tertiary alicyclic amines) is 1. The molecule has 3 rings (SSSR count). The van der Waals surface area contributed by atoms with Gasteiger partial charge >= 0.3 is 0 Å². The highest BCUT2D eigenvalue weighted by molar-refractivity contribution is 7.13. The van der Waals surface area contributed by atoms with E-state index in [4.69, 9.17) is 10.7 Å². The third-order valence-electron chi connectivity index (χ3n) is 4.03. The first-order valence-electron chi connectivity index (χ1n) is 7.94. The molecule has 3 N–H and O–H groups in total. The van der Waals surface area contributed by atoms with Crippen molar-refractivity contribution in [1.82, 2.24) is 15.2 Å². The third kappa shape index (κ3) is 3.77. The van der Waals surface area contributed by atoms with Gasteiger partial charge < -0.3 is 11.1 Å². The Balaban J connectivity index is 1.71. The van der Waals surface area contributed by atoms with Crippen molar-refractivity contribution in [2.75, 3.05) is 13.1 Å². The number of thiazole rings is 1. The average Bonchev–Trinajstić information content (AvgIpc) is 3.16. The lowest BCUT2D eigenvalue weighted by Gasteiger charge is -2.22. The van der Waals surface area contributed by atoms with Crippen molar-refractivity contribution in [2.24, 2.45) is 5.73 Å². The Kier molecular flexibility index (Phi) is 5.05. The largest absolute Gasteiger partial charge is 0.355 e. The first kappa shape index (κ1) is 16.1. The fourth-order valence-electron chi connectivity index (χ4n) is 2.98. The number of benzene rings is 1. The Hall–Kier alpha value is -1.76. The van der Waals surface area contributed by atoms with Crippen molar-refractivity contribution in [3.63, 3.8) is 0 Å². The molecule has 2 aromatic rings. The summed E-state index contributed by atoms with van der Waals surface area (Å²) < 4.78 is 0. The van der Waals surface area contributed by atoms with Gasteiger partial charge in [0.05, 0.1) is 11.7 Å². The van der Waals surface area contributed by atoms with Crippen molar-refractivity contribution in [3.8, 4) is 10.6 Å². The van der Waals surface area contributed by atoms with Crippen LogP contribution in [0.25, 0.3) is 10.6 Å². The predicted molar refractivity (Wildman–Crippen MR) is 93.0 cm³/mol. The minimum absolute atomic E-state index is 0.0508. The van der Waals surface area contributed by atoms with Crippen LogP contribution in [0.3, 0.4) is 0 Å². The molecule has 5 nitrogen and oxygen atoms in total. The maximum atomic E-state index is 12.2. The number of carbonyl (C=O) groups excluding carboxylic acids is 1. The van der Waals surface area contributed by atoms with Gasteiger partial charge in [0.2, 0.25) is 5.91 Å². The molecule has 1 amide bonds. The molecule has 1 aromatic heterocycles. The molecule has 0 radical (unpaired) electrons. The van der Waals surface area contributed by atoms with Gasteiger partial charge in [-0.15, -0.1) is 11.3 Å². The van der Waals surface area contributed by atoms with Crippen molar-refractivity contribution >= 4 is 17.2 Å². The fourth-order valence-corrected chi connectivity index (χ4v) is 3.80. The van der Waals surface area contributed by atoms with E-state index in [1.165, 1.54) is 0 Å². The van der Waals surface area contributed by atoms with E-state index in [1.807, 2.05) is 25.1 Å². The van der Waals surface area contributed by atoms with Crippen LogP contribution in [0.5, 0.6) is 0 Å². The Bertz CT molecular complexity index is 658. The van der Waals surface area contributed by atoms with Gasteiger partial charge in [-0.3, -0.25) is 9.69 Å². The number of rotatable bonds is 5. The summed E-state index contributed by atoms with van der Waals surface area (Å²) in [6.45, 7) is 3.98. The topological polar surface area (TPSA) is 71.2 Å². The minimum Gasteiger partial charge on any atom is -0.355 e. The summed E-state index contributed by atoms with van der Waals surface area (Å²) in [6, 6.07) is 10.1. The molecular weight excluding hydrogens is 308 g/mol. The van der Waals surface area contributed by atoms with Gasteiger partial charge in [-0.2, -0.15) is 0 Å². The van der Waals surface area contributed by atoms with Gasteiger partial charge in [0.25, 0.3) is 0 Å². The number of nitrogens with two attached hydrogens (primary N) is 1. The standard InChI is InChI=1S/C17H22N4OS/c1-2-19-16(22)15-8-13(18)9-21(15)10-14-11-23-17(20-14)12-6-4-3-5-7-12/h3-7,11,13,15H,2,8-10,18H2,1H3,(H,19,22)/t13-,15+/m1/s1. The van der Waals surface area contributed by atoms with Gasteiger partial charge in [-0.05, 0) is 13.3 Å². The van der Waals surface area contributed by atoms with E-state index in [1.54, 1.807) is 11.3 Å². The van der Waals surface area contributed by atoms with E-state index in [-0.39, 0.29) is 18.0 Å². The quantitative estimate of drug-likeness (QED) is 0.878. The Morgan fingerprint density at radius 2 is 2.22 bits per heavy atom. The van der Waals surface area contributed by atoms with E-state index in [0.717, 1.165) is 22.8 Å². The van der Waals surface area contributed by atoms with E-state index >= 15 is 0 Å². The van der Waals surface area contributed by atoms with Crippen molar-refractivity contribution in [3.05, 3.63) is 41.4 Å². The second-order valence-corrected chi connectivity index (χ2v) is 6.70. The number of hydrogen-bond acceptors (Lipinski definition) is 5. The summed E-state index contributed by atoms with van der Waals surface area (Å²) in [7, 11) is 0. The maximum absolute atomic E-state index is 12.2. The summed E-state index contributed by atoms with van der Waals surface area (Å²) in [5.41, 5.74) is 8.18. The highest BCUT2D eigenvalue weighted by Crippen LogP contribution is 2.26. The third-order valence-corrected chi connectivity index (χ3v) is 4.97.